The summed E-state index contributed by atoms with van der Waals surface area (Å²) < 4.78 is 0. The van der Waals surface area contributed by atoms with E-state index in [9.17, 15) is 14.7 Å². The van der Waals surface area contributed by atoms with Gasteiger partial charge in [-0.2, -0.15) is 0 Å². The Balaban J connectivity index is 1.87. The van der Waals surface area contributed by atoms with E-state index in [1.165, 1.54) is 0 Å². The van der Waals surface area contributed by atoms with Gasteiger partial charge in [0.2, 0.25) is 0 Å². The van der Waals surface area contributed by atoms with Gasteiger partial charge in [-0.05, 0) is 38.3 Å². The van der Waals surface area contributed by atoms with Crippen LogP contribution in [-0.2, 0) is 4.79 Å². The van der Waals surface area contributed by atoms with Crippen molar-refractivity contribution < 1.29 is 14.7 Å². The first-order valence-corrected chi connectivity index (χ1v) is 6.70. The van der Waals surface area contributed by atoms with Gasteiger partial charge >= 0.3 is 5.97 Å². The van der Waals surface area contributed by atoms with Crippen LogP contribution in [0.25, 0.3) is 0 Å². The molecular weight excluding hydrogens is 242 g/mol. The van der Waals surface area contributed by atoms with Crippen LogP contribution in [0.5, 0.6) is 0 Å². The van der Waals surface area contributed by atoms with Crippen LogP contribution in [0.4, 0.5) is 0 Å². The average molecular weight is 259 g/mol. The monoisotopic (exact) mass is 259 g/mol. The second kappa shape index (κ2) is 4.37. The molecule has 1 amide bonds. The normalized spacial score (nSPS) is 28.7. The third-order valence-corrected chi connectivity index (χ3v) is 4.35. The molecule has 100 valence electrons. The molecule has 0 radical (unpaired) electrons. The van der Waals surface area contributed by atoms with E-state index in [1.54, 1.807) is 0 Å². The van der Waals surface area contributed by atoms with Crippen LogP contribution in [0.15, 0.2) is 24.3 Å². The lowest BCUT2D eigenvalue weighted by molar-refractivity contribution is -0.142. The highest BCUT2D eigenvalue weighted by Gasteiger charge is 2.51. The van der Waals surface area contributed by atoms with Gasteiger partial charge < -0.3 is 10.0 Å². The highest BCUT2D eigenvalue weighted by molar-refractivity contribution is 5.95. The van der Waals surface area contributed by atoms with Crippen molar-refractivity contribution in [2.45, 2.75) is 38.3 Å². The van der Waals surface area contributed by atoms with Crippen LogP contribution in [-0.4, -0.2) is 34.0 Å². The summed E-state index contributed by atoms with van der Waals surface area (Å²) >= 11 is 0. The van der Waals surface area contributed by atoms with Gasteiger partial charge in [0, 0.05) is 17.6 Å². The first-order chi connectivity index (χ1) is 9.08. The predicted molar refractivity (Wildman–Crippen MR) is 69.9 cm³/mol. The van der Waals surface area contributed by atoms with Crippen molar-refractivity contribution in [2.75, 3.05) is 0 Å². The summed E-state index contributed by atoms with van der Waals surface area (Å²) in [6.07, 6.45) is 2.36. The van der Waals surface area contributed by atoms with Crippen LogP contribution >= 0.6 is 0 Å². The van der Waals surface area contributed by atoms with Crippen molar-refractivity contribution >= 4 is 11.9 Å². The van der Waals surface area contributed by atoms with E-state index in [0.29, 0.717) is 12.0 Å². The zero-order chi connectivity index (χ0) is 13.6. The molecule has 2 aliphatic heterocycles. The highest BCUT2D eigenvalue weighted by atomic mass is 16.4. The third-order valence-electron chi connectivity index (χ3n) is 4.35. The van der Waals surface area contributed by atoms with Gasteiger partial charge in [-0.3, -0.25) is 9.59 Å². The number of carbonyl (C=O) groups excluding carboxylic acids is 1. The lowest BCUT2D eigenvalue weighted by Gasteiger charge is -2.23. The van der Waals surface area contributed by atoms with Gasteiger partial charge in [-0.15, -0.1) is 0 Å². The van der Waals surface area contributed by atoms with Gasteiger partial charge in [0.15, 0.2) is 0 Å². The molecule has 4 heteroatoms. The molecule has 3 unspecified atom stereocenters. The standard InChI is InChI=1S/C15H17NO3/c1-9-3-2-4-10(7-9)14(17)16-11-5-6-13(16)12(8-11)15(18)19/h2-4,7,11-13H,5-6,8H2,1H3,(H,18,19). The Kier molecular flexibility index (Phi) is 2.81. The number of benzene rings is 1. The molecule has 2 heterocycles. The number of fused-ring (bicyclic) bond motifs is 2. The van der Waals surface area contributed by atoms with Gasteiger partial charge in [0.1, 0.15) is 0 Å². The van der Waals surface area contributed by atoms with E-state index in [4.69, 9.17) is 0 Å². The Morgan fingerprint density at radius 3 is 2.74 bits per heavy atom. The van der Waals surface area contributed by atoms with E-state index in [1.807, 2.05) is 36.1 Å². The van der Waals surface area contributed by atoms with Gasteiger partial charge in [-0.25, -0.2) is 0 Å². The van der Waals surface area contributed by atoms with Crippen molar-refractivity contribution in [3.05, 3.63) is 35.4 Å². The molecule has 2 bridgehead atoms. The third kappa shape index (κ3) is 1.91. The van der Waals surface area contributed by atoms with Crippen LogP contribution < -0.4 is 0 Å². The summed E-state index contributed by atoms with van der Waals surface area (Å²) in [6.45, 7) is 1.95. The zero-order valence-corrected chi connectivity index (χ0v) is 10.9. The molecule has 2 saturated heterocycles. The summed E-state index contributed by atoms with van der Waals surface area (Å²) in [4.78, 5) is 25.6. The highest BCUT2D eigenvalue weighted by Crippen LogP contribution is 2.42. The molecule has 0 aromatic heterocycles. The maximum Gasteiger partial charge on any atom is 0.308 e. The first kappa shape index (κ1) is 12.2. The van der Waals surface area contributed by atoms with Crippen LogP contribution in [0.1, 0.15) is 35.2 Å². The Labute approximate surface area is 112 Å². The van der Waals surface area contributed by atoms with Crippen molar-refractivity contribution in [2.24, 2.45) is 5.92 Å². The second-order valence-electron chi connectivity index (χ2n) is 5.56. The SMILES string of the molecule is Cc1cccc(C(=O)N2C3CCC2C(C(=O)O)C3)c1. The Hall–Kier alpha value is -1.84. The molecule has 19 heavy (non-hydrogen) atoms. The fourth-order valence-electron chi connectivity index (χ4n) is 3.50. The van der Waals surface area contributed by atoms with Gasteiger partial charge in [0.25, 0.3) is 5.91 Å². The average Bonchev–Trinajstić information content (AvgIpc) is 2.95. The Morgan fingerprint density at radius 2 is 2.11 bits per heavy atom. The topological polar surface area (TPSA) is 57.6 Å². The van der Waals surface area contributed by atoms with Gasteiger partial charge in [0.05, 0.1) is 5.92 Å². The molecule has 1 aromatic rings. The van der Waals surface area contributed by atoms with E-state index < -0.39 is 5.97 Å². The van der Waals surface area contributed by atoms with Crippen LogP contribution in [0.3, 0.4) is 0 Å². The molecule has 3 atom stereocenters. The molecule has 0 saturated carbocycles. The molecule has 3 rings (SSSR count). The summed E-state index contributed by atoms with van der Waals surface area (Å²) in [5.74, 6) is -1.17. The van der Waals surface area contributed by atoms with Gasteiger partial charge in [-0.1, -0.05) is 17.7 Å². The first-order valence-electron chi connectivity index (χ1n) is 6.70. The summed E-state index contributed by atoms with van der Waals surface area (Å²) in [5.41, 5.74) is 1.72. The Morgan fingerprint density at radius 1 is 1.32 bits per heavy atom. The largest absolute Gasteiger partial charge is 0.481 e. The summed E-state index contributed by atoms with van der Waals surface area (Å²) in [5, 5.41) is 9.21. The molecule has 2 fully saturated rings. The zero-order valence-electron chi connectivity index (χ0n) is 10.9. The molecular formula is C15H17NO3. The molecule has 1 aromatic carbocycles. The number of carboxylic acids is 1. The van der Waals surface area contributed by atoms with Crippen molar-refractivity contribution in [3.63, 3.8) is 0 Å². The fourth-order valence-corrected chi connectivity index (χ4v) is 3.50. The number of hydrogen-bond donors (Lipinski definition) is 1. The number of hydrogen-bond acceptors (Lipinski definition) is 2. The number of carbonyl (C=O) groups is 2. The molecule has 1 N–H and O–H groups in total. The fraction of sp³-hybridized carbons (Fsp3) is 0.467. The van der Waals surface area contributed by atoms with Crippen molar-refractivity contribution in [3.8, 4) is 0 Å². The number of aliphatic carboxylic acids is 1. The van der Waals surface area contributed by atoms with Crippen molar-refractivity contribution in [1.82, 2.24) is 4.90 Å². The van der Waals surface area contributed by atoms with E-state index in [0.717, 1.165) is 18.4 Å². The maximum atomic E-state index is 12.6. The van der Waals surface area contributed by atoms with Crippen LogP contribution in [0.2, 0.25) is 0 Å². The number of rotatable bonds is 2. The lowest BCUT2D eigenvalue weighted by Crippen LogP contribution is -2.37. The van der Waals surface area contributed by atoms with Crippen LogP contribution in [0, 0.1) is 12.8 Å². The summed E-state index contributed by atoms with van der Waals surface area (Å²) in [6, 6.07) is 7.50. The number of amides is 1. The van der Waals surface area contributed by atoms with E-state index in [2.05, 4.69) is 0 Å². The number of carboxylic acid groups (broad SMARTS) is 1. The van der Waals surface area contributed by atoms with E-state index in [-0.39, 0.29) is 23.9 Å². The molecule has 0 spiro atoms. The predicted octanol–water partition coefficient (Wildman–Crippen LogP) is 2.07. The molecule has 2 aliphatic rings. The maximum absolute atomic E-state index is 12.6. The lowest BCUT2D eigenvalue weighted by atomic mass is 9.89. The van der Waals surface area contributed by atoms with E-state index >= 15 is 0 Å². The minimum Gasteiger partial charge on any atom is -0.481 e. The number of aryl methyl sites for hydroxylation is 1. The summed E-state index contributed by atoms with van der Waals surface area (Å²) in [7, 11) is 0. The molecule has 0 aliphatic carbocycles. The Bertz CT molecular complexity index is 540. The minimum atomic E-state index is -0.769. The quantitative estimate of drug-likeness (QED) is 0.884. The smallest absolute Gasteiger partial charge is 0.308 e. The molecule has 4 nitrogen and oxygen atoms in total. The minimum absolute atomic E-state index is 0.0139. The second-order valence-corrected chi connectivity index (χ2v) is 5.56. The van der Waals surface area contributed by atoms with Crippen molar-refractivity contribution in [1.29, 1.82) is 0 Å². The number of nitrogens with zero attached hydrogens (tertiary/aromatic N) is 1.